The maximum Gasteiger partial charge on any atom is 0.335 e. The lowest BCUT2D eigenvalue weighted by molar-refractivity contribution is 0.0696. The average molecular weight is 281 g/mol. The Kier molecular flexibility index (Phi) is 3.26. The molecule has 0 spiro atoms. The Morgan fingerprint density at radius 3 is 2.74 bits per heavy atom. The van der Waals surface area contributed by atoms with Gasteiger partial charge in [0.15, 0.2) is 0 Å². The number of carboxylic acids is 1. The molecule has 0 aliphatic rings. The van der Waals surface area contributed by atoms with Crippen LogP contribution in [0.3, 0.4) is 0 Å². The van der Waals surface area contributed by atoms with Crippen LogP contribution in [0, 0.1) is 6.92 Å². The summed E-state index contributed by atoms with van der Waals surface area (Å²) < 4.78 is 26.5. The summed E-state index contributed by atoms with van der Waals surface area (Å²) in [5, 5.41) is 8.98. The monoisotopic (exact) mass is 281 g/mol. The molecule has 2 rings (SSSR count). The van der Waals surface area contributed by atoms with Gasteiger partial charge in [0.25, 0.3) is 10.0 Å². The molecule has 0 amide bonds. The predicted octanol–water partition coefficient (Wildman–Crippen LogP) is 1.22. The maximum atomic E-state index is 12.1. The minimum atomic E-state index is -3.88. The first-order valence-electron chi connectivity index (χ1n) is 5.27. The molecule has 0 fully saturated rings. The number of aromatic nitrogens is 2. The Balaban J connectivity index is 2.47. The molecule has 0 radical (unpaired) electrons. The van der Waals surface area contributed by atoms with Crippen molar-refractivity contribution in [3.63, 3.8) is 0 Å². The number of rotatable bonds is 4. The fraction of sp³-hybridized carbons (Fsp3) is 0.0909. The molecule has 0 aliphatic heterocycles. The van der Waals surface area contributed by atoms with Crippen LogP contribution in [0.1, 0.15) is 15.9 Å². The third kappa shape index (κ3) is 2.58. The third-order valence-electron chi connectivity index (χ3n) is 2.53. The van der Waals surface area contributed by atoms with Crippen LogP contribution in [0.2, 0.25) is 0 Å². The summed E-state index contributed by atoms with van der Waals surface area (Å²) in [4.78, 5) is 17.2. The van der Waals surface area contributed by atoms with E-state index in [0.717, 1.165) is 0 Å². The molecule has 100 valence electrons. The number of sulfonamides is 1. The number of hydrogen-bond acceptors (Lipinski definition) is 4. The van der Waals surface area contributed by atoms with Gasteiger partial charge in [-0.15, -0.1) is 0 Å². The van der Waals surface area contributed by atoms with E-state index in [-0.39, 0.29) is 22.0 Å². The molecule has 0 bridgehead atoms. The molecule has 1 heterocycles. The summed E-state index contributed by atoms with van der Waals surface area (Å²) in [6.45, 7) is 1.44. The zero-order valence-electron chi connectivity index (χ0n) is 9.91. The molecule has 1 aromatic carbocycles. The summed E-state index contributed by atoms with van der Waals surface area (Å²) in [7, 11) is -3.88. The minimum Gasteiger partial charge on any atom is -0.478 e. The van der Waals surface area contributed by atoms with Crippen LogP contribution in [0.5, 0.6) is 0 Å². The molecular weight excluding hydrogens is 270 g/mol. The number of benzene rings is 1. The van der Waals surface area contributed by atoms with Crippen LogP contribution in [0.4, 0.5) is 5.95 Å². The second-order valence-corrected chi connectivity index (χ2v) is 5.43. The highest BCUT2D eigenvalue weighted by molar-refractivity contribution is 7.92. The minimum absolute atomic E-state index is 0.0534. The van der Waals surface area contributed by atoms with Gasteiger partial charge >= 0.3 is 5.97 Å². The lowest BCUT2D eigenvalue weighted by atomic mass is 10.1. The predicted molar refractivity (Wildman–Crippen MR) is 67.5 cm³/mol. The van der Waals surface area contributed by atoms with Gasteiger partial charge in [-0.05, 0) is 24.6 Å². The summed E-state index contributed by atoms with van der Waals surface area (Å²) in [6, 6.07) is 4.07. The van der Waals surface area contributed by atoms with Crippen molar-refractivity contribution < 1.29 is 18.3 Å². The van der Waals surface area contributed by atoms with Gasteiger partial charge in [-0.3, -0.25) is 0 Å². The van der Waals surface area contributed by atoms with Gasteiger partial charge in [0.05, 0.1) is 10.5 Å². The van der Waals surface area contributed by atoms with Crippen LogP contribution >= 0.6 is 0 Å². The highest BCUT2D eigenvalue weighted by atomic mass is 32.2. The largest absolute Gasteiger partial charge is 0.478 e. The number of aromatic amines is 1. The zero-order chi connectivity index (χ0) is 14.0. The van der Waals surface area contributed by atoms with Crippen molar-refractivity contribution >= 4 is 21.9 Å². The Labute approximate surface area is 109 Å². The Hall–Kier alpha value is -2.35. The summed E-state index contributed by atoms with van der Waals surface area (Å²) in [6.07, 6.45) is 2.87. The molecule has 19 heavy (non-hydrogen) atoms. The van der Waals surface area contributed by atoms with Crippen molar-refractivity contribution in [3.8, 4) is 0 Å². The van der Waals surface area contributed by atoms with Gasteiger partial charge < -0.3 is 10.1 Å². The highest BCUT2D eigenvalue weighted by Gasteiger charge is 2.21. The van der Waals surface area contributed by atoms with E-state index >= 15 is 0 Å². The van der Waals surface area contributed by atoms with Gasteiger partial charge in [-0.1, -0.05) is 6.07 Å². The van der Waals surface area contributed by atoms with Gasteiger partial charge in [0, 0.05) is 12.4 Å². The highest BCUT2D eigenvalue weighted by Crippen LogP contribution is 2.20. The van der Waals surface area contributed by atoms with E-state index in [4.69, 9.17) is 5.11 Å². The molecule has 3 N–H and O–H groups in total. The Morgan fingerprint density at radius 1 is 1.42 bits per heavy atom. The molecule has 0 saturated heterocycles. The van der Waals surface area contributed by atoms with Gasteiger partial charge in [0.1, 0.15) is 0 Å². The average Bonchev–Trinajstić information content (AvgIpc) is 2.80. The fourth-order valence-corrected chi connectivity index (χ4v) is 2.89. The topological polar surface area (TPSA) is 112 Å². The number of imidazole rings is 1. The van der Waals surface area contributed by atoms with Crippen LogP contribution in [-0.4, -0.2) is 29.5 Å². The Morgan fingerprint density at radius 2 is 2.16 bits per heavy atom. The third-order valence-corrected chi connectivity index (χ3v) is 4.02. The van der Waals surface area contributed by atoms with Crippen molar-refractivity contribution in [2.24, 2.45) is 0 Å². The van der Waals surface area contributed by atoms with Crippen molar-refractivity contribution in [1.29, 1.82) is 0 Å². The first kappa shape index (κ1) is 13.1. The molecule has 0 atom stereocenters. The summed E-state index contributed by atoms with van der Waals surface area (Å²) >= 11 is 0. The quantitative estimate of drug-likeness (QED) is 0.780. The van der Waals surface area contributed by atoms with Gasteiger partial charge in [-0.25, -0.2) is 22.9 Å². The van der Waals surface area contributed by atoms with Crippen molar-refractivity contribution in [3.05, 3.63) is 41.7 Å². The molecule has 0 saturated carbocycles. The number of H-pyrrole nitrogens is 1. The van der Waals surface area contributed by atoms with Crippen molar-refractivity contribution in [1.82, 2.24) is 9.97 Å². The standard InChI is InChI=1S/C11H11N3O4S/c1-7-8(10(15)16)3-2-4-9(7)19(17,18)14-11-12-5-6-13-11/h2-6H,1H3,(H,15,16)(H2,12,13,14). The normalized spacial score (nSPS) is 11.2. The van der Waals surface area contributed by atoms with E-state index in [0.29, 0.717) is 0 Å². The second kappa shape index (κ2) is 4.73. The number of anilines is 1. The first-order chi connectivity index (χ1) is 8.92. The van der Waals surface area contributed by atoms with E-state index in [2.05, 4.69) is 14.7 Å². The number of carboxylic acid groups (broad SMARTS) is 1. The molecule has 1 aromatic heterocycles. The number of carbonyl (C=O) groups is 1. The van der Waals surface area contributed by atoms with E-state index < -0.39 is 16.0 Å². The summed E-state index contributed by atoms with van der Waals surface area (Å²) in [5.74, 6) is -1.10. The maximum absolute atomic E-state index is 12.1. The first-order valence-corrected chi connectivity index (χ1v) is 6.75. The summed E-state index contributed by atoms with van der Waals surface area (Å²) in [5.41, 5.74) is 0.122. The Bertz CT molecular complexity index is 708. The molecule has 0 aliphatic carbocycles. The number of nitrogens with zero attached hydrogens (tertiary/aromatic N) is 1. The molecule has 0 unspecified atom stereocenters. The van der Waals surface area contributed by atoms with Crippen LogP contribution in [0.25, 0.3) is 0 Å². The lowest BCUT2D eigenvalue weighted by Crippen LogP contribution is -2.16. The number of nitrogens with one attached hydrogen (secondary N) is 2. The van der Waals surface area contributed by atoms with Crippen LogP contribution < -0.4 is 4.72 Å². The van der Waals surface area contributed by atoms with Crippen molar-refractivity contribution in [2.45, 2.75) is 11.8 Å². The zero-order valence-corrected chi connectivity index (χ0v) is 10.7. The second-order valence-electron chi connectivity index (χ2n) is 3.78. The SMILES string of the molecule is Cc1c(C(=O)O)cccc1S(=O)(=O)Nc1ncc[nH]1. The van der Waals surface area contributed by atoms with E-state index in [1.54, 1.807) is 0 Å². The number of aromatic carboxylic acids is 1. The van der Waals surface area contributed by atoms with E-state index in [1.807, 2.05) is 0 Å². The molecule has 8 heteroatoms. The smallest absolute Gasteiger partial charge is 0.335 e. The van der Waals surface area contributed by atoms with Crippen molar-refractivity contribution in [2.75, 3.05) is 4.72 Å². The fourth-order valence-electron chi connectivity index (χ4n) is 1.64. The van der Waals surface area contributed by atoms with Crippen LogP contribution in [0.15, 0.2) is 35.5 Å². The van der Waals surface area contributed by atoms with Crippen LogP contribution in [-0.2, 0) is 10.0 Å². The van der Waals surface area contributed by atoms with Gasteiger partial charge in [-0.2, -0.15) is 0 Å². The lowest BCUT2D eigenvalue weighted by Gasteiger charge is -2.10. The molecule has 2 aromatic rings. The number of hydrogen-bond donors (Lipinski definition) is 3. The van der Waals surface area contributed by atoms with E-state index in [9.17, 15) is 13.2 Å². The molecule has 7 nitrogen and oxygen atoms in total. The molecular formula is C11H11N3O4S. The van der Waals surface area contributed by atoms with Gasteiger partial charge in [0.2, 0.25) is 5.95 Å². The van der Waals surface area contributed by atoms with E-state index in [1.165, 1.54) is 37.5 Å².